The molecule has 122 valence electrons. The summed E-state index contributed by atoms with van der Waals surface area (Å²) >= 11 is 1.64. The molecular formula is C17H17N5OS. The van der Waals surface area contributed by atoms with Gasteiger partial charge in [-0.3, -0.25) is 4.57 Å². The third-order valence-corrected chi connectivity index (χ3v) is 4.85. The number of hydrogen-bond acceptors (Lipinski definition) is 5. The van der Waals surface area contributed by atoms with Crippen molar-refractivity contribution < 1.29 is 4.42 Å². The zero-order valence-corrected chi connectivity index (χ0v) is 14.3. The van der Waals surface area contributed by atoms with E-state index in [1.807, 2.05) is 24.4 Å². The molecule has 0 radical (unpaired) electrons. The summed E-state index contributed by atoms with van der Waals surface area (Å²) < 4.78 is 9.56. The number of furan rings is 1. The summed E-state index contributed by atoms with van der Waals surface area (Å²) in [4.78, 5) is 4.71. The molecule has 0 saturated carbocycles. The monoisotopic (exact) mass is 339 g/mol. The average molecular weight is 339 g/mol. The Morgan fingerprint density at radius 1 is 1.21 bits per heavy atom. The number of aryl methyl sites for hydroxylation is 1. The number of rotatable bonds is 5. The van der Waals surface area contributed by atoms with Crippen molar-refractivity contribution in [3.8, 4) is 11.6 Å². The van der Waals surface area contributed by atoms with Crippen molar-refractivity contribution in [3.63, 3.8) is 0 Å². The molecule has 6 nitrogen and oxygen atoms in total. The maximum Gasteiger partial charge on any atom is 0.200 e. The van der Waals surface area contributed by atoms with E-state index in [2.05, 4.69) is 45.3 Å². The second-order valence-corrected chi connectivity index (χ2v) is 6.41. The van der Waals surface area contributed by atoms with Crippen molar-refractivity contribution in [1.82, 2.24) is 24.1 Å². The van der Waals surface area contributed by atoms with Gasteiger partial charge in [-0.05, 0) is 37.6 Å². The lowest BCUT2D eigenvalue weighted by Gasteiger charge is -2.04. The molecule has 24 heavy (non-hydrogen) atoms. The van der Waals surface area contributed by atoms with E-state index in [1.54, 1.807) is 18.0 Å². The number of hydrogen-bond donors (Lipinski definition) is 0. The first-order valence-corrected chi connectivity index (χ1v) is 8.78. The van der Waals surface area contributed by atoms with Crippen molar-refractivity contribution in [3.05, 3.63) is 54.2 Å². The Kier molecular flexibility index (Phi) is 3.86. The van der Waals surface area contributed by atoms with Crippen LogP contribution in [0.3, 0.4) is 0 Å². The summed E-state index contributed by atoms with van der Waals surface area (Å²) in [6, 6.07) is 7.86. The maximum atomic E-state index is 5.44. The summed E-state index contributed by atoms with van der Waals surface area (Å²) in [6.45, 7) is 4.94. The van der Waals surface area contributed by atoms with Crippen LogP contribution in [0.15, 0.2) is 52.5 Å². The molecule has 4 aromatic heterocycles. The second kappa shape index (κ2) is 6.16. The van der Waals surface area contributed by atoms with E-state index in [-0.39, 0.29) is 0 Å². The molecule has 4 rings (SSSR count). The first-order chi connectivity index (χ1) is 11.8. The van der Waals surface area contributed by atoms with Gasteiger partial charge in [-0.2, -0.15) is 0 Å². The van der Waals surface area contributed by atoms with Gasteiger partial charge in [0.25, 0.3) is 0 Å². The van der Waals surface area contributed by atoms with Crippen LogP contribution in [0.2, 0.25) is 0 Å². The SMILES string of the molecule is CCn1c(SCc2cn3cccc(C)c3n2)nnc1-c1ccco1. The summed E-state index contributed by atoms with van der Waals surface area (Å²) in [6.07, 6.45) is 5.73. The predicted octanol–water partition coefficient (Wildman–Crippen LogP) is 3.81. The van der Waals surface area contributed by atoms with Gasteiger partial charge in [0.2, 0.25) is 0 Å². The van der Waals surface area contributed by atoms with Gasteiger partial charge in [-0.15, -0.1) is 10.2 Å². The zero-order chi connectivity index (χ0) is 16.5. The van der Waals surface area contributed by atoms with Crippen LogP contribution in [-0.4, -0.2) is 24.1 Å². The Balaban J connectivity index is 1.58. The minimum Gasteiger partial charge on any atom is -0.461 e. The minimum atomic E-state index is 0.736. The third-order valence-electron chi connectivity index (χ3n) is 3.85. The fourth-order valence-corrected chi connectivity index (χ4v) is 3.57. The fourth-order valence-electron chi connectivity index (χ4n) is 2.68. The number of imidazole rings is 1. The first kappa shape index (κ1) is 15.0. The second-order valence-electron chi connectivity index (χ2n) is 5.47. The zero-order valence-electron chi connectivity index (χ0n) is 13.5. The highest BCUT2D eigenvalue weighted by Gasteiger charge is 2.15. The Bertz CT molecular complexity index is 970. The van der Waals surface area contributed by atoms with E-state index in [0.29, 0.717) is 0 Å². The van der Waals surface area contributed by atoms with E-state index >= 15 is 0 Å². The van der Waals surface area contributed by atoms with Crippen molar-refractivity contribution in [2.75, 3.05) is 0 Å². The molecule has 0 unspecified atom stereocenters. The maximum absolute atomic E-state index is 5.44. The van der Waals surface area contributed by atoms with Gasteiger partial charge in [0.15, 0.2) is 16.7 Å². The van der Waals surface area contributed by atoms with E-state index in [4.69, 9.17) is 9.40 Å². The van der Waals surface area contributed by atoms with Gasteiger partial charge in [-0.25, -0.2) is 4.98 Å². The van der Waals surface area contributed by atoms with Crippen LogP contribution in [-0.2, 0) is 12.3 Å². The number of pyridine rings is 1. The van der Waals surface area contributed by atoms with E-state index in [1.165, 1.54) is 5.56 Å². The lowest BCUT2D eigenvalue weighted by atomic mass is 10.3. The van der Waals surface area contributed by atoms with Crippen LogP contribution in [0.5, 0.6) is 0 Å². The highest BCUT2D eigenvalue weighted by Crippen LogP contribution is 2.26. The molecule has 4 heterocycles. The molecule has 0 saturated heterocycles. The summed E-state index contributed by atoms with van der Waals surface area (Å²) in [7, 11) is 0. The van der Waals surface area contributed by atoms with Gasteiger partial charge in [0, 0.05) is 24.7 Å². The molecule has 0 N–H and O–H groups in total. The predicted molar refractivity (Wildman–Crippen MR) is 92.9 cm³/mol. The molecule has 0 atom stereocenters. The molecule has 0 spiro atoms. The number of aromatic nitrogens is 5. The smallest absolute Gasteiger partial charge is 0.200 e. The Hall–Kier alpha value is -2.54. The molecule has 0 fully saturated rings. The van der Waals surface area contributed by atoms with Gasteiger partial charge >= 0.3 is 0 Å². The first-order valence-electron chi connectivity index (χ1n) is 7.79. The van der Waals surface area contributed by atoms with E-state index in [0.717, 1.165) is 40.4 Å². The van der Waals surface area contributed by atoms with Crippen LogP contribution < -0.4 is 0 Å². The van der Waals surface area contributed by atoms with E-state index < -0.39 is 0 Å². The molecular weight excluding hydrogens is 322 g/mol. The van der Waals surface area contributed by atoms with Crippen molar-refractivity contribution >= 4 is 17.4 Å². The van der Waals surface area contributed by atoms with Crippen LogP contribution in [0.1, 0.15) is 18.2 Å². The molecule has 7 heteroatoms. The van der Waals surface area contributed by atoms with Crippen LogP contribution in [0, 0.1) is 6.92 Å². The van der Waals surface area contributed by atoms with Crippen molar-refractivity contribution in [1.29, 1.82) is 0 Å². The number of thioether (sulfide) groups is 1. The molecule has 4 aromatic rings. The van der Waals surface area contributed by atoms with Gasteiger partial charge < -0.3 is 8.82 Å². The van der Waals surface area contributed by atoms with Crippen molar-refractivity contribution in [2.24, 2.45) is 0 Å². The fraction of sp³-hybridized carbons (Fsp3) is 0.235. The normalized spacial score (nSPS) is 11.4. The highest BCUT2D eigenvalue weighted by atomic mass is 32.2. The number of fused-ring (bicyclic) bond motifs is 1. The lowest BCUT2D eigenvalue weighted by Crippen LogP contribution is -1.99. The lowest BCUT2D eigenvalue weighted by molar-refractivity contribution is 0.567. The van der Waals surface area contributed by atoms with Crippen LogP contribution in [0.25, 0.3) is 17.2 Å². The molecule has 0 aromatic carbocycles. The quantitative estimate of drug-likeness (QED) is 0.518. The molecule has 0 aliphatic rings. The van der Waals surface area contributed by atoms with E-state index in [9.17, 15) is 0 Å². The molecule has 0 amide bonds. The summed E-state index contributed by atoms with van der Waals surface area (Å²) in [5, 5.41) is 9.46. The summed E-state index contributed by atoms with van der Waals surface area (Å²) in [5.41, 5.74) is 3.20. The third kappa shape index (κ3) is 2.60. The minimum absolute atomic E-state index is 0.736. The highest BCUT2D eigenvalue weighted by molar-refractivity contribution is 7.98. The molecule has 0 aliphatic carbocycles. The van der Waals surface area contributed by atoms with Crippen molar-refractivity contribution in [2.45, 2.75) is 31.3 Å². The number of nitrogens with zero attached hydrogens (tertiary/aromatic N) is 5. The Morgan fingerprint density at radius 2 is 2.12 bits per heavy atom. The standard InChI is InChI=1S/C17H17N5OS/c1-3-22-16(14-7-5-9-23-14)19-20-17(22)24-11-13-10-21-8-4-6-12(2)15(21)18-13/h4-10H,3,11H2,1-2H3. The largest absolute Gasteiger partial charge is 0.461 e. The van der Waals surface area contributed by atoms with Crippen LogP contribution >= 0.6 is 11.8 Å². The topological polar surface area (TPSA) is 61.2 Å². The Labute approximate surface area is 143 Å². The van der Waals surface area contributed by atoms with Gasteiger partial charge in [0.05, 0.1) is 12.0 Å². The van der Waals surface area contributed by atoms with Gasteiger partial charge in [0.1, 0.15) is 5.65 Å². The Morgan fingerprint density at radius 3 is 2.88 bits per heavy atom. The van der Waals surface area contributed by atoms with Crippen LogP contribution in [0.4, 0.5) is 0 Å². The molecule has 0 bridgehead atoms. The molecule has 0 aliphatic heterocycles. The van der Waals surface area contributed by atoms with Gasteiger partial charge in [-0.1, -0.05) is 17.8 Å². The average Bonchev–Trinajstić information content (AvgIpc) is 3.31. The summed E-state index contributed by atoms with van der Waals surface area (Å²) in [5.74, 6) is 2.24.